The van der Waals surface area contributed by atoms with Crippen molar-refractivity contribution in [3.05, 3.63) is 71.0 Å². The lowest BCUT2D eigenvalue weighted by molar-refractivity contribution is 0.159. The van der Waals surface area contributed by atoms with E-state index >= 15 is 0 Å². The molecule has 5 nitrogen and oxygen atoms in total. The number of hydrogen-bond acceptors (Lipinski definition) is 4. The van der Waals surface area contributed by atoms with Gasteiger partial charge in [-0.05, 0) is 59.1 Å². The third-order valence-corrected chi connectivity index (χ3v) is 5.22. The number of nitrogens with zero attached hydrogens (tertiary/aromatic N) is 5. The number of piperidine rings is 1. The van der Waals surface area contributed by atoms with Gasteiger partial charge in [0.15, 0.2) is 0 Å². The Bertz CT molecular complexity index is 864. The highest BCUT2D eigenvalue weighted by Crippen LogP contribution is 2.27. The lowest BCUT2D eigenvalue weighted by Crippen LogP contribution is -2.34. The second-order valence-electron chi connectivity index (χ2n) is 6.45. The minimum absolute atomic E-state index is 0.636. The van der Waals surface area contributed by atoms with Gasteiger partial charge in [-0.3, -0.25) is 4.90 Å². The average Bonchev–Trinajstić information content (AvgIpc) is 3.04. The second-order valence-corrected chi connectivity index (χ2v) is 6.82. The molecule has 1 fully saturated rings. The molecular weight excluding hydrogens is 330 g/mol. The van der Waals surface area contributed by atoms with Crippen molar-refractivity contribution in [3.63, 3.8) is 0 Å². The summed E-state index contributed by atoms with van der Waals surface area (Å²) in [4.78, 5) is 2.40. The predicted octanol–water partition coefficient (Wildman–Crippen LogP) is 3.64. The van der Waals surface area contributed by atoms with Crippen LogP contribution < -0.4 is 0 Å². The van der Waals surface area contributed by atoms with Gasteiger partial charge in [-0.2, -0.15) is 4.68 Å². The summed E-state index contributed by atoms with van der Waals surface area (Å²) in [6.45, 7) is 2.81. The van der Waals surface area contributed by atoms with E-state index in [1.807, 2.05) is 35.0 Å². The van der Waals surface area contributed by atoms with E-state index in [0.717, 1.165) is 18.8 Å². The molecule has 128 valence electrons. The number of benzene rings is 2. The molecule has 1 aliphatic rings. The van der Waals surface area contributed by atoms with Gasteiger partial charge in [0.25, 0.3) is 0 Å². The fourth-order valence-electron chi connectivity index (χ4n) is 3.42. The summed E-state index contributed by atoms with van der Waals surface area (Å²) < 4.78 is 4.16. The summed E-state index contributed by atoms with van der Waals surface area (Å²) in [7, 11) is 0. The van der Waals surface area contributed by atoms with Crippen LogP contribution in [0, 0.1) is 4.77 Å². The molecule has 0 radical (unpaired) electrons. The van der Waals surface area contributed by atoms with E-state index < -0.39 is 0 Å². The van der Waals surface area contributed by atoms with Crippen LogP contribution in [0.25, 0.3) is 5.69 Å². The number of para-hydroxylation sites is 1. The maximum absolute atomic E-state index is 5.55. The standard InChI is InChI=1S/C19H21N5S/c25-19-23(20-21-24(19)18-9-5-2-6-10-18)15-22-13-11-17(12-14-22)16-7-3-1-4-8-16/h1-10,17H,11-15H2. The van der Waals surface area contributed by atoms with Crippen LogP contribution >= 0.6 is 12.2 Å². The summed E-state index contributed by atoms with van der Waals surface area (Å²) in [5.74, 6) is 0.658. The second kappa shape index (κ2) is 7.29. The average molecular weight is 351 g/mol. The predicted molar refractivity (Wildman–Crippen MR) is 100 cm³/mol. The molecule has 0 unspecified atom stereocenters. The first-order valence-corrected chi connectivity index (χ1v) is 9.07. The highest BCUT2D eigenvalue weighted by molar-refractivity contribution is 7.71. The van der Waals surface area contributed by atoms with Crippen LogP contribution in [0.3, 0.4) is 0 Å². The van der Waals surface area contributed by atoms with Crippen LogP contribution in [-0.4, -0.2) is 37.8 Å². The Labute approximate surface area is 152 Å². The molecule has 2 heterocycles. The molecule has 1 aromatic heterocycles. The van der Waals surface area contributed by atoms with Crippen LogP contribution in [0.1, 0.15) is 24.3 Å². The van der Waals surface area contributed by atoms with Crippen LogP contribution in [-0.2, 0) is 6.67 Å². The van der Waals surface area contributed by atoms with Crippen molar-refractivity contribution >= 4 is 12.2 Å². The summed E-state index contributed by atoms with van der Waals surface area (Å²) >= 11 is 5.55. The largest absolute Gasteiger partial charge is 0.284 e. The van der Waals surface area contributed by atoms with E-state index in [1.54, 1.807) is 4.68 Å². The zero-order valence-corrected chi connectivity index (χ0v) is 14.8. The Morgan fingerprint density at radius 3 is 2.20 bits per heavy atom. The lowest BCUT2D eigenvalue weighted by Gasteiger charge is -2.31. The van der Waals surface area contributed by atoms with Crippen LogP contribution in [0.15, 0.2) is 60.7 Å². The smallest absolute Gasteiger partial charge is 0.221 e. The number of rotatable bonds is 4. The molecule has 25 heavy (non-hydrogen) atoms. The van der Waals surface area contributed by atoms with Gasteiger partial charge >= 0.3 is 0 Å². The van der Waals surface area contributed by atoms with E-state index in [-0.39, 0.29) is 0 Å². The first-order valence-electron chi connectivity index (χ1n) is 8.67. The minimum atomic E-state index is 0.636. The Morgan fingerprint density at radius 1 is 0.880 bits per heavy atom. The molecule has 3 aromatic rings. The molecule has 0 spiro atoms. The summed E-state index contributed by atoms with van der Waals surface area (Å²) in [6.07, 6.45) is 2.34. The summed E-state index contributed by atoms with van der Waals surface area (Å²) in [5, 5.41) is 8.46. The summed E-state index contributed by atoms with van der Waals surface area (Å²) in [6, 6.07) is 20.7. The number of hydrogen-bond donors (Lipinski definition) is 0. The fourth-order valence-corrected chi connectivity index (χ4v) is 3.65. The van der Waals surface area contributed by atoms with E-state index in [1.165, 1.54) is 18.4 Å². The number of likely N-dealkylation sites (tertiary alicyclic amines) is 1. The van der Waals surface area contributed by atoms with Gasteiger partial charge in [0.1, 0.15) is 0 Å². The molecule has 0 N–H and O–H groups in total. The van der Waals surface area contributed by atoms with E-state index in [0.29, 0.717) is 17.4 Å². The fraction of sp³-hybridized carbons (Fsp3) is 0.316. The molecular formula is C19H21N5S. The Morgan fingerprint density at radius 2 is 1.52 bits per heavy atom. The maximum atomic E-state index is 5.55. The lowest BCUT2D eigenvalue weighted by atomic mass is 9.90. The van der Waals surface area contributed by atoms with Gasteiger partial charge in [0.05, 0.1) is 12.4 Å². The monoisotopic (exact) mass is 351 g/mol. The molecule has 0 saturated carbocycles. The van der Waals surface area contributed by atoms with Crippen molar-refractivity contribution in [1.29, 1.82) is 0 Å². The first-order chi connectivity index (χ1) is 12.3. The molecule has 4 rings (SSSR count). The highest BCUT2D eigenvalue weighted by Gasteiger charge is 2.21. The molecule has 0 atom stereocenters. The van der Waals surface area contributed by atoms with Gasteiger partial charge in [-0.25, -0.2) is 4.68 Å². The van der Waals surface area contributed by atoms with E-state index in [4.69, 9.17) is 12.2 Å². The van der Waals surface area contributed by atoms with Gasteiger partial charge < -0.3 is 0 Å². The molecule has 0 aliphatic carbocycles. The van der Waals surface area contributed by atoms with Crippen molar-refractivity contribution in [2.75, 3.05) is 13.1 Å². The Hall–Kier alpha value is -2.31. The van der Waals surface area contributed by atoms with Crippen LogP contribution in [0.5, 0.6) is 0 Å². The van der Waals surface area contributed by atoms with Gasteiger partial charge in [0, 0.05) is 13.1 Å². The van der Waals surface area contributed by atoms with E-state index in [9.17, 15) is 0 Å². The third kappa shape index (κ3) is 3.55. The molecule has 6 heteroatoms. The normalized spacial score (nSPS) is 16.2. The van der Waals surface area contributed by atoms with Crippen molar-refractivity contribution in [2.45, 2.75) is 25.4 Å². The Kier molecular flexibility index (Phi) is 4.72. The Balaban J connectivity index is 1.41. The van der Waals surface area contributed by atoms with Gasteiger partial charge in [0.2, 0.25) is 4.77 Å². The molecule has 2 aromatic carbocycles. The van der Waals surface area contributed by atoms with Gasteiger partial charge in [-0.1, -0.05) is 48.5 Å². The van der Waals surface area contributed by atoms with Crippen molar-refractivity contribution in [2.24, 2.45) is 0 Å². The first kappa shape index (κ1) is 16.2. The zero-order chi connectivity index (χ0) is 17.1. The number of aromatic nitrogens is 4. The minimum Gasteiger partial charge on any atom is -0.284 e. The summed E-state index contributed by atoms with van der Waals surface area (Å²) in [5.41, 5.74) is 2.40. The topological polar surface area (TPSA) is 38.9 Å². The van der Waals surface area contributed by atoms with Crippen molar-refractivity contribution in [1.82, 2.24) is 24.7 Å². The van der Waals surface area contributed by atoms with Crippen LogP contribution in [0.2, 0.25) is 0 Å². The van der Waals surface area contributed by atoms with Crippen molar-refractivity contribution in [3.8, 4) is 5.69 Å². The molecule has 0 amide bonds. The molecule has 1 saturated heterocycles. The third-order valence-electron chi connectivity index (χ3n) is 4.83. The van der Waals surface area contributed by atoms with Gasteiger partial charge in [-0.15, -0.1) is 0 Å². The molecule has 1 aliphatic heterocycles. The maximum Gasteiger partial charge on any atom is 0.221 e. The molecule has 0 bridgehead atoms. The SMILES string of the molecule is S=c1n(CN2CCC(c3ccccc3)CC2)nnn1-c1ccccc1. The van der Waals surface area contributed by atoms with Crippen LogP contribution in [0.4, 0.5) is 0 Å². The highest BCUT2D eigenvalue weighted by atomic mass is 32.1. The van der Waals surface area contributed by atoms with Crippen molar-refractivity contribution < 1.29 is 0 Å². The number of tetrazole rings is 1. The quantitative estimate of drug-likeness (QED) is 0.673. The zero-order valence-electron chi connectivity index (χ0n) is 14.0. The van der Waals surface area contributed by atoms with E-state index in [2.05, 4.69) is 45.7 Å².